The minimum atomic E-state index is -0.0609. The molecule has 120 valence electrons. The van der Waals surface area contributed by atoms with Crippen LogP contribution in [0.3, 0.4) is 0 Å². The first-order chi connectivity index (χ1) is 11.2. The van der Waals surface area contributed by atoms with Gasteiger partial charge in [-0.2, -0.15) is 0 Å². The molecule has 4 heteroatoms. The van der Waals surface area contributed by atoms with Gasteiger partial charge in [0.25, 0.3) is 0 Å². The van der Waals surface area contributed by atoms with E-state index in [9.17, 15) is 4.79 Å². The molecule has 0 aliphatic carbocycles. The highest BCUT2D eigenvalue weighted by Gasteiger charge is 2.31. The van der Waals surface area contributed by atoms with Crippen molar-refractivity contribution in [3.63, 3.8) is 0 Å². The number of hydrogen-bond donors (Lipinski definition) is 0. The fourth-order valence-corrected chi connectivity index (χ4v) is 4.63. The van der Waals surface area contributed by atoms with Crippen LogP contribution in [0.25, 0.3) is 0 Å². The van der Waals surface area contributed by atoms with Crippen LogP contribution < -0.4 is 4.90 Å². The molecule has 23 heavy (non-hydrogen) atoms. The Bertz CT molecular complexity index is 724. The van der Waals surface area contributed by atoms with Crippen molar-refractivity contribution >= 4 is 22.9 Å². The van der Waals surface area contributed by atoms with Crippen LogP contribution in [-0.2, 0) is 24.2 Å². The van der Waals surface area contributed by atoms with Gasteiger partial charge in [-0.05, 0) is 54.8 Å². The van der Waals surface area contributed by atoms with Gasteiger partial charge < -0.3 is 4.90 Å². The number of amides is 1. The molecular formula is C19H22N2OS. The molecular weight excluding hydrogens is 304 g/mol. The average Bonchev–Trinajstić information content (AvgIpc) is 3.07. The van der Waals surface area contributed by atoms with Crippen LogP contribution in [0.4, 0.5) is 5.69 Å². The highest BCUT2D eigenvalue weighted by atomic mass is 32.1. The predicted octanol–water partition coefficient (Wildman–Crippen LogP) is 3.47. The highest BCUT2D eigenvalue weighted by Crippen LogP contribution is 2.29. The zero-order chi connectivity index (χ0) is 15.8. The molecule has 3 nitrogen and oxygen atoms in total. The summed E-state index contributed by atoms with van der Waals surface area (Å²) in [7, 11) is 0. The van der Waals surface area contributed by atoms with Gasteiger partial charge in [0.15, 0.2) is 0 Å². The molecule has 0 saturated carbocycles. The van der Waals surface area contributed by atoms with Gasteiger partial charge in [0, 0.05) is 30.2 Å². The molecule has 0 spiro atoms. The second-order valence-corrected chi connectivity index (χ2v) is 7.49. The summed E-state index contributed by atoms with van der Waals surface area (Å²) >= 11 is 1.84. The number of anilines is 1. The number of thiophene rings is 1. The summed E-state index contributed by atoms with van der Waals surface area (Å²) in [5.41, 5.74) is 3.82. The third-order valence-corrected chi connectivity index (χ3v) is 6.14. The maximum absolute atomic E-state index is 13.1. The number of aryl methyl sites for hydroxylation is 1. The fourth-order valence-electron chi connectivity index (χ4n) is 3.75. The lowest BCUT2D eigenvalue weighted by Gasteiger charge is -2.37. The van der Waals surface area contributed by atoms with Gasteiger partial charge in [-0.1, -0.05) is 18.2 Å². The summed E-state index contributed by atoms with van der Waals surface area (Å²) < 4.78 is 0. The van der Waals surface area contributed by atoms with E-state index in [0.717, 1.165) is 44.6 Å². The van der Waals surface area contributed by atoms with Crippen LogP contribution in [0.2, 0.25) is 0 Å². The first kappa shape index (κ1) is 14.9. The molecule has 2 aliphatic rings. The van der Waals surface area contributed by atoms with E-state index in [4.69, 9.17) is 0 Å². The van der Waals surface area contributed by atoms with Gasteiger partial charge in [-0.15, -0.1) is 11.3 Å². The van der Waals surface area contributed by atoms with Gasteiger partial charge >= 0.3 is 0 Å². The standard InChI is InChI=1S/C19H22N2OS/c1-14(20-11-8-18-16(13-20)9-12-23-18)19(22)21-10-4-6-15-5-2-3-7-17(15)21/h2-3,5,7,9,12,14H,4,6,8,10-11,13H2,1H3. The molecule has 3 heterocycles. The predicted molar refractivity (Wildman–Crippen MR) is 95.0 cm³/mol. The molecule has 1 aromatic heterocycles. The van der Waals surface area contributed by atoms with Crippen LogP contribution >= 0.6 is 11.3 Å². The van der Waals surface area contributed by atoms with Crippen LogP contribution in [0, 0.1) is 0 Å². The molecule has 1 atom stereocenters. The van der Waals surface area contributed by atoms with Gasteiger partial charge in [-0.25, -0.2) is 0 Å². The molecule has 1 aromatic carbocycles. The molecule has 1 amide bonds. The van der Waals surface area contributed by atoms with Crippen LogP contribution in [0.1, 0.15) is 29.3 Å². The van der Waals surface area contributed by atoms with Crippen molar-refractivity contribution in [2.24, 2.45) is 0 Å². The molecule has 0 bridgehead atoms. The fraction of sp³-hybridized carbons (Fsp3) is 0.421. The smallest absolute Gasteiger partial charge is 0.244 e. The maximum Gasteiger partial charge on any atom is 0.244 e. The first-order valence-electron chi connectivity index (χ1n) is 8.42. The minimum absolute atomic E-state index is 0.0609. The summed E-state index contributed by atoms with van der Waals surface area (Å²) in [5, 5.41) is 2.17. The minimum Gasteiger partial charge on any atom is -0.311 e. The van der Waals surface area contributed by atoms with E-state index in [0.29, 0.717) is 0 Å². The summed E-state index contributed by atoms with van der Waals surface area (Å²) in [6.07, 6.45) is 3.21. The Labute approximate surface area is 141 Å². The van der Waals surface area contributed by atoms with Crippen molar-refractivity contribution in [3.05, 3.63) is 51.7 Å². The molecule has 2 aromatic rings. The van der Waals surface area contributed by atoms with Crippen LogP contribution in [0.15, 0.2) is 35.7 Å². The third kappa shape index (κ3) is 2.70. The van der Waals surface area contributed by atoms with Crippen molar-refractivity contribution in [1.82, 2.24) is 4.90 Å². The van der Waals surface area contributed by atoms with Crippen molar-refractivity contribution in [2.75, 3.05) is 18.0 Å². The van der Waals surface area contributed by atoms with Crippen molar-refractivity contribution in [1.29, 1.82) is 0 Å². The van der Waals surface area contributed by atoms with Crippen molar-refractivity contribution in [3.8, 4) is 0 Å². The Hall–Kier alpha value is -1.65. The normalized spacial score (nSPS) is 19.1. The summed E-state index contributed by atoms with van der Waals surface area (Å²) in [6, 6.07) is 10.5. The monoisotopic (exact) mass is 326 g/mol. The Morgan fingerprint density at radius 2 is 2.00 bits per heavy atom. The number of carbonyl (C=O) groups excluding carboxylic acids is 1. The Morgan fingerprint density at radius 1 is 1.13 bits per heavy atom. The lowest BCUT2D eigenvalue weighted by atomic mass is 10.0. The average molecular weight is 326 g/mol. The van der Waals surface area contributed by atoms with E-state index in [2.05, 4.69) is 41.5 Å². The van der Waals surface area contributed by atoms with E-state index < -0.39 is 0 Å². The number of hydrogen-bond acceptors (Lipinski definition) is 3. The third-order valence-electron chi connectivity index (χ3n) is 5.12. The molecule has 0 N–H and O–H groups in total. The van der Waals surface area contributed by atoms with Gasteiger partial charge in [0.1, 0.15) is 0 Å². The number of fused-ring (bicyclic) bond motifs is 2. The second-order valence-electron chi connectivity index (χ2n) is 6.49. The van der Waals surface area contributed by atoms with E-state index in [1.54, 1.807) is 0 Å². The Balaban J connectivity index is 1.54. The van der Waals surface area contributed by atoms with Crippen molar-refractivity contribution in [2.45, 2.75) is 38.8 Å². The van der Waals surface area contributed by atoms with Crippen LogP contribution in [-0.4, -0.2) is 29.9 Å². The quantitative estimate of drug-likeness (QED) is 0.843. The molecule has 1 unspecified atom stereocenters. The van der Waals surface area contributed by atoms with E-state index >= 15 is 0 Å². The number of carbonyl (C=O) groups is 1. The highest BCUT2D eigenvalue weighted by molar-refractivity contribution is 7.10. The van der Waals surface area contributed by atoms with Gasteiger partial charge in [0.05, 0.1) is 6.04 Å². The maximum atomic E-state index is 13.1. The Kier molecular flexibility index (Phi) is 3.95. The summed E-state index contributed by atoms with van der Waals surface area (Å²) in [4.78, 5) is 18.9. The van der Waals surface area contributed by atoms with Gasteiger partial charge in [-0.3, -0.25) is 9.69 Å². The number of benzene rings is 1. The van der Waals surface area contributed by atoms with Crippen molar-refractivity contribution < 1.29 is 4.79 Å². The number of para-hydroxylation sites is 1. The molecule has 0 saturated heterocycles. The van der Waals surface area contributed by atoms with Gasteiger partial charge in [0.2, 0.25) is 5.91 Å². The summed E-state index contributed by atoms with van der Waals surface area (Å²) in [6.45, 7) is 4.80. The van der Waals surface area contributed by atoms with E-state index in [-0.39, 0.29) is 11.9 Å². The second kappa shape index (κ2) is 6.10. The topological polar surface area (TPSA) is 23.6 Å². The van der Waals surface area contributed by atoms with Crippen LogP contribution in [0.5, 0.6) is 0 Å². The first-order valence-corrected chi connectivity index (χ1v) is 9.30. The lowest BCUT2D eigenvalue weighted by molar-refractivity contribution is -0.123. The van der Waals surface area contributed by atoms with E-state index in [1.165, 1.54) is 16.0 Å². The molecule has 4 rings (SSSR count). The van der Waals surface area contributed by atoms with E-state index in [1.807, 2.05) is 22.3 Å². The SMILES string of the molecule is CC(C(=O)N1CCCc2ccccc21)N1CCc2sccc2C1. The Morgan fingerprint density at radius 3 is 2.91 bits per heavy atom. The zero-order valence-electron chi connectivity index (χ0n) is 13.5. The number of nitrogens with zero attached hydrogens (tertiary/aromatic N) is 2. The number of rotatable bonds is 2. The largest absolute Gasteiger partial charge is 0.311 e. The lowest BCUT2D eigenvalue weighted by Crippen LogP contribution is -2.49. The summed E-state index contributed by atoms with van der Waals surface area (Å²) in [5.74, 6) is 0.246. The molecule has 2 aliphatic heterocycles. The molecule has 0 fully saturated rings. The molecule has 0 radical (unpaired) electrons. The zero-order valence-corrected chi connectivity index (χ0v) is 14.3.